The molecule has 0 aromatic carbocycles. The van der Waals surface area contributed by atoms with Crippen LogP contribution in [0.15, 0.2) is 24.5 Å². The molecule has 2 aromatic rings. The fraction of sp³-hybridized carbons (Fsp3) is 0.250. The lowest BCUT2D eigenvalue weighted by Crippen LogP contribution is -2.25. The summed E-state index contributed by atoms with van der Waals surface area (Å²) >= 11 is 0. The largest absolute Gasteiger partial charge is 0.397 e. The number of amides is 1. The summed E-state index contributed by atoms with van der Waals surface area (Å²) in [6.07, 6.45) is 3.37. The summed E-state index contributed by atoms with van der Waals surface area (Å²) in [7, 11) is 1.78. The molecule has 6 nitrogen and oxygen atoms in total. The molecule has 0 atom stereocenters. The molecule has 2 rings (SSSR count). The zero-order valence-corrected chi connectivity index (χ0v) is 10.3. The van der Waals surface area contributed by atoms with E-state index in [2.05, 4.69) is 15.3 Å². The van der Waals surface area contributed by atoms with Crippen molar-refractivity contribution in [3.05, 3.63) is 41.7 Å². The predicted octanol–water partition coefficient (Wildman–Crippen LogP) is 0.636. The van der Waals surface area contributed by atoms with Crippen LogP contribution in [-0.4, -0.2) is 20.4 Å². The number of nitrogens with one attached hydrogen (secondary N) is 1. The van der Waals surface area contributed by atoms with Gasteiger partial charge in [0.1, 0.15) is 11.5 Å². The first-order valence-corrected chi connectivity index (χ1v) is 5.55. The molecular weight excluding hydrogens is 230 g/mol. The molecule has 0 radical (unpaired) electrons. The van der Waals surface area contributed by atoms with Crippen LogP contribution < -0.4 is 11.1 Å². The Balaban J connectivity index is 2.03. The van der Waals surface area contributed by atoms with Gasteiger partial charge in [0.05, 0.1) is 17.9 Å². The Morgan fingerprint density at radius 1 is 1.56 bits per heavy atom. The number of aryl methyl sites for hydroxylation is 2. The number of carbonyl (C=O) groups excluding carboxylic acids is 1. The van der Waals surface area contributed by atoms with Gasteiger partial charge in [0.2, 0.25) is 0 Å². The minimum absolute atomic E-state index is 0.175. The van der Waals surface area contributed by atoms with Crippen molar-refractivity contribution in [1.82, 2.24) is 19.9 Å². The first-order valence-electron chi connectivity index (χ1n) is 5.55. The molecule has 0 saturated heterocycles. The average molecular weight is 245 g/mol. The second kappa shape index (κ2) is 4.87. The summed E-state index contributed by atoms with van der Waals surface area (Å²) in [5.74, 6) is 0.510. The molecule has 0 fully saturated rings. The van der Waals surface area contributed by atoms with Crippen molar-refractivity contribution < 1.29 is 4.79 Å². The maximum absolute atomic E-state index is 11.9. The highest BCUT2D eigenvalue weighted by molar-refractivity contribution is 5.93. The molecule has 0 unspecified atom stereocenters. The van der Waals surface area contributed by atoms with Crippen LogP contribution in [0, 0.1) is 6.92 Å². The smallest absolute Gasteiger partial charge is 0.268 e. The number of anilines is 1. The van der Waals surface area contributed by atoms with Crippen LogP contribution in [0.4, 0.5) is 5.69 Å². The van der Waals surface area contributed by atoms with Gasteiger partial charge in [0.15, 0.2) is 0 Å². The fourth-order valence-corrected chi connectivity index (χ4v) is 1.68. The number of carbonyl (C=O) groups is 1. The fourth-order valence-electron chi connectivity index (χ4n) is 1.68. The molecule has 2 heterocycles. The number of nitrogens with two attached hydrogens (primary N) is 1. The molecule has 0 aliphatic rings. The summed E-state index contributed by atoms with van der Waals surface area (Å²) in [6.45, 7) is 2.18. The normalized spacial score (nSPS) is 10.3. The minimum Gasteiger partial charge on any atom is -0.397 e. The van der Waals surface area contributed by atoms with E-state index in [1.165, 1.54) is 0 Å². The van der Waals surface area contributed by atoms with Crippen molar-refractivity contribution in [3.8, 4) is 0 Å². The monoisotopic (exact) mass is 245 g/mol. The Morgan fingerprint density at radius 3 is 2.94 bits per heavy atom. The Labute approximate surface area is 105 Å². The molecule has 0 bridgehead atoms. The first-order chi connectivity index (χ1) is 8.56. The van der Waals surface area contributed by atoms with Crippen LogP contribution in [0.3, 0.4) is 0 Å². The van der Waals surface area contributed by atoms with E-state index in [1.54, 1.807) is 36.1 Å². The molecular formula is C12H15N5O. The van der Waals surface area contributed by atoms with E-state index in [9.17, 15) is 4.79 Å². The second-order valence-electron chi connectivity index (χ2n) is 4.05. The van der Waals surface area contributed by atoms with Crippen molar-refractivity contribution in [2.75, 3.05) is 5.73 Å². The van der Waals surface area contributed by atoms with Crippen molar-refractivity contribution in [1.29, 1.82) is 0 Å². The third-order valence-electron chi connectivity index (χ3n) is 2.52. The lowest BCUT2D eigenvalue weighted by Gasteiger charge is -2.05. The summed E-state index contributed by atoms with van der Waals surface area (Å²) in [4.78, 5) is 20.1. The van der Waals surface area contributed by atoms with E-state index >= 15 is 0 Å². The maximum atomic E-state index is 11.9. The molecule has 0 aliphatic heterocycles. The third-order valence-corrected chi connectivity index (χ3v) is 2.52. The molecule has 94 valence electrons. The van der Waals surface area contributed by atoms with Crippen molar-refractivity contribution >= 4 is 11.6 Å². The topological polar surface area (TPSA) is 85.8 Å². The molecule has 0 spiro atoms. The molecule has 6 heteroatoms. The van der Waals surface area contributed by atoms with Crippen LogP contribution in [0.25, 0.3) is 0 Å². The van der Waals surface area contributed by atoms with Crippen molar-refractivity contribution in [3.63, 3.8) is 0 Å². The van der Waals surface area contributed by atoms with Gasteiger partial charge in [-0.1, -0.05) is 0 Å². The number of hydrogen-bond donors (Lipinski definition) is 2. The highest BCUT2D eigenvalue weighted by Crippen LogP contribution is 2.08. The van der Waals surface area contributed by atoms with Gasteiger partial charge in [-0.3, -0.25) is 4.79 Å². The lowest BCUT2D eigenvalue weighted by atomic mass is 10.3. The van der Waals surface area contributed by atoms with E-state index < -0.39 is 0 Å². The first kappa shape index (κ1) is 12.1. The van der Waals surface area contributed by atoms with Crippen molar-refractivity contribution in [2.45, 2.75) is 13.5 Å². The van der Waals surface area contributed by atoms with Crippen LogP contribution in [-0.2, 0) is 13.6 Å². The van der Waals surface area contributed by atoms with Gasteiger partial charge >= 0.3 is 0 Å². The summed E-state index contributed by atoms with van der Waals surface area (Å²) < 4.78 is 1.69. The summed E-state index contributed by atoms with van der Waals surface area (Å²) in [5, 5.41) is 2.79. The SMILES string of the molecule is Cc1nccc(CNC(=O)c2cc(N)cn2C)n1. The lowest BCUT2D eigenvalue weighted by molar-refractivity contribution is 0.0942. The Kier molecular flexibility index (Phi) is 3.27. The number of rotatable bonds is 3. The minimum atomic E-state index is -0.175. The zero-order valence-electron chi connectivity index (χ0n) is 10.3. The van der Waals surface area contributed by atoms with Gasteiger partial charge in [-0.05, 0) is 19.1 Å². The van der Waals surface area contributed by atoms with Crippen molar-refractivity contribution in [2.24, 2.45) is 7.05 Å². The number of hydrogen-bond acceptors (Lipinski definition) is 4. The van der Waals surface area contributed by atoms with Gasteiger partial charge in [-0.15, -0.1) is 0 Å². The van der Waals surface area contributed by atoms with E-state index in [-0.39, 0.29) is 5.91 Å². The Morgan fingerprint density at radius 2 is 2.33 bits per heavy atom. The summed E-state index contributed by atoms with van der Waals surface area (Å²) in [6, 6.07) is 3.41. The average Bonchev–Trinajstić information content (AvgIpc) is 2.66. The molecule has 3 N–H and O–H groups in total. The van der Waals surface area contributed by atoms with Gasteiger partial charge in [0, 0.05) is 19.4 Å². The molecule has 0 aliphatic carbocycles. The quantitative estimate of drug-likeness (QED) is 0.830. The maximum Gasteiger partial charge on any atom is 0.268 e. The Bertz CT molecular complexity index is 576. The van der Waals surface area contributed by atoms with Crippen LogP contribution in [0.5, 0.6) is 0 Å². The molecule has 0 saturated carbocycles. The van der Waals surface area contributed by atoms with Crippen LogP contribution in [0.1, 0.15) is 22.0 Å². The van der Waals surface area contributed by atoms with Crippen LogP contribution in [0.2, 0.25) is 0 Å². The second-order valence-corrected chi connectivity index (χ2v) is 4.05. The molecule has 2 aromatic heterocycles. The van der Waals surface area contributed by atoms with Crippen LogP contribution >= 0.6 is 0 Å². The van der Waals surface area contributed by atoms with Gasteiger partial charge < -0.3 is 15.6 Å². The molecule has 18 heavy (non-hydrogen) atoms. The third kappa shape index (κ3) is 2.65. The highest BCUT2D eigenvalue weighted by Gasteiger charge is 2.10. The standard InChI is InChI=1S/C12H15N5O/c1-8-14-4-3-10(16-8)6-15-12(18)11-5-9(13)7-17(11)2/h3-5,7H,6,13H2,1-2H3,(H,15,18). The van der Waals surface area contributed by atoms with E-state index in [1.807, 2.05) is 6.92 Å². The zero-order chi connectivity index (χ0) is 13.1. The number of aromatic nitrogens is 3. The van der Waals surface area contributed by atoms with E-state index in [0.29, 0.717) is 23.8 Å². The number of nitrogens with zero attached hydrogens (tertiary/aromatic N) is 3. The van der Waals surface area contributed by atoms with Gasteiger partial charge in [-0.2, -0.15) is 0 Å². The van der Waals surface area contributed by atoms with Gasteiger partial charge in [0.25, 0.3) is 5.91 Å². The Hall–Kier alpha value is -2.37. The summed E-state index contributed by atoms with van der Waals surface area (Å²) in [5.41, 5.74) is 7.49. The number of nitrogen functional groups attached to an aromatic ring is 1. The van der Waals surface area contributed by atoms with E-state index in [4.69, 9.17) is 5.73 Å². The van der Waals surface area contributed by atoms with E-state index in [0.717, 1.165) is 5.69 Å². The predicted molar refractivity (Wildman–Crippen MR) is 67.8 cm³/mol. The van der Waals surface area contributed by atoms with Gasteiger partial charge in [-0.25, -0.2) is 9.97 Å². The molecule has 1 amide bonds. The highest BCUT2D eigenvalue weighted by atomic mass is 16.1.